The fourth-order valence-electron chi connectivity index (χ4n) is 1.86. The van der Waals surface area contributed by atoms with Crippen molar-refractivity contribution in [1.29, 1.82) is 0 Å². The van der Waals surface area contributed by atoms with Gasteiger partial charge in [-0.15, -0.1) is 0 Å². The second kappa shape index (κ2) is 6.95. The SMILES string of the molecule is CCCNC(C)c1cccnc1OCc1ccco1. The first kappa shape index (κ1) is 13.6. The van der Waals surface area contributed by atoms with E-state index in [1.807, 2.05) is 24.3 Å². The van der Waals surface area contributed by atoms with E-state index in [0.29, 0.717) is 12.5 Å². The zero-order chi connectivity index (χ0) is 13.5. The topological polar surface area (TPSA) is 47.3 Å². The minimum atomic E-state index is 0.222. The summed E-state index contributed by atoms with van der Waals surface area (Å²) in [6.07, 6.45) is 4.49. The van der Waals surface area contributed by atoms with Crippen molar-refractivity contribution in [2.45, 2.75) is 32.9 Å². The molecule has 0 radical (unpaired) electrons. The summed E-state index contributed by atoms with van der Waals surface area (Å²) < 4.78 is 11.0. The Labute approximate surface area is 113 Å². The molecule has 0 aliphatic heterocycles. The van der Waals surface area contributed by atoms with Crippen molar-refractivity contribution >= 4 is 0 Å². The Bertz CT molecular complexity index is 483. The van der Waals surface area contributed by atoms with Crippen LogP contribution in [0.5, 0.6) is 5.88 Å². The monoisotopic (exact) mass is 260 g/mol. The molecular formula is C15H20N2O2. The molecule has 0 bridgehead atoms. The van der Waals surface area contributed by atoms with E-state index in [-0.39, 0.29) is 6.04 Å². The lowest BCUT2D eigenvalue weighted by atomic mass is 10.1. The van der Waals surface area contributed by atoms with Crippen LogP contribution in [0.3, 0.4) is 0 Å². The molecule has 0 saturated heterocycles. The van der Waals surface area contributed by atoms with Gasteiger partial charge in [-0.25, -0.2) is 4.98 Å². The second-order valence-electron chi connectivity index (χ2n) is 4.44. The minimum Gasteiger partial charge on any atom is -0.469 e. The van der Waals surface area contributed by atoms with Gasteiger partial charge in [0.15, 0.2) is 0 Å². The van der Waals surface area contributed by atoms with Crippen LogP contribution in [0.1, 0.15) is 37.6 Å². The number of aromatic nitrogens is 1. The van der Waals surface area contributed by atoms with Crippen molar-refractivity contribution in [3.8, 4) is 5.88 Å². The van der Waals surface area contributed by atoms with Gasteiger partial charge in [0.1, 0.15) is 12.4 Å². The predicted octanol–water partition coefficient (Wildman–Crippen LogP) is 3.31. The number of nitrogens with one attached hydrogen (secondary N) is 1. The second-order valence-corrected chi connectivity index (χ2v) is 4.44. The van der Waals surface area contributed by atoms with Gasteiger partial charge in [-0.05, 0) is 38.1 Å². The van der Waals surface area contributed by atoms with Gasteiger partial charge in [-0.3, -0.25) is 0 Å². The van der Waals surface area contributed by atoms with Gasteiger partial charge in [-0.2, -0.15) is 0 Å². The first-order valence-corrected chi connectivity index (χ1v) is 6.64. The lowest BCUT2D eigenvalue weighted by Gasteiger charge is -2.16. The van der Waals surface area contributed by atoms with Crippen LogP contribution in [0.15, 0.2) is 41.1 Å². The zero-order valence-corrected chi connectivity index (χ0v) is 11.4. The van der Waals surface area contributed by atoms with E-state index < -0.39 is 0 Å². The maximum absolute atomic E-state index is 5.74. The van der Waals surface area contributed by atoms with Crippen molar-refractivity contribution in [2.24, 2.45) is 0 Å². The molecule has 0 fully saturated rings. The summed E-state index contributed by atoms with van der Waals surface area (Å²) in [6, 6.07) is 7.93. The number of hydrogen-bond acceptors (Lipinski definition) is 4. The Morgan fingerprint density at radius 3 is 3.00 bits per heavy atom. The molecule has 102 valence electrons. The average molecular weight is 260 g/mol. The van der Waals surface area contributed by atoms with E-state index in [0.717, 1.165) is 24.3 Å². The Kier molecular flexibility index (Phi) is 4.98. The summed E-state index contributed by atoms with van der Waals surface area (Å²) in [4.78, 5) is 4.30. The number of furan rings is 1. The van der Waals surface area contributed by atoms with Crippen LogP contribution in [-0.4, -0.2) is 11.5 Å². The molecule has 0 spiro atoms. The van der Waals surface area contributed by atoms with E-state index in [9.17, 15) is 0 Å². The highest BCUT2D eigenvalue weighted by atomic mass is 16.5. The van der Waals surface area contributed by atoms with E-state index in [2.05, 4.69) is 24.1 Å². The third kappa shape index (κ3) is 3.83. The third-order valence-corrected chi connectivity index (χ3v) is 2.90. The minimum absolute atomic E-state index is 0.222. The predicted molar refractivity (Wildman–Crippen MR) is 74.0 cm³/mol. The van der Waals surface area contributed by atoms with Crippen molar-refractivity contribution < 1.29 is 9.15 Å². The van der Waals surface area contributed by atoms with Gasteiger partial charge in [0.05, 0.1) is 6.26 Å². The third-order valence-electron chi connectivity index (χ3n) is 2.90. The van der Waals surface area contributed by atoms with E-state index in [1.165, 1.54) is 0 Å². The molecule has 4 heteroatoms. The molecule has 4 nitrogen and oxygen atoms in total. The quantitative estimate of drug-likeness (QED) is 0.829. The largest absolute Gasteiger partial charge is 0.469 e. The molecule has 0 aromatic carbocycles. The number of pyridine rings is 1. The van der Waals surface area contributed by atoms with E-state index in [4.69, 9.17) is 9.15 Å². The smallest absolute Gasteiger partial charge is 0.218 e. The highest BCUT2D eigenvalue weighted by Gasteiger charge is 2.12. The van der Waals surface area contributed by atoms with Crippen LogP contribution < -0.4 is 10.1 Å². The lowest BCUT2D eigenvalue weighted by Crippen LogP contribution is -2.20. The van der Waals surface area contributed by atoms with Crippen molar-refractivity contribution in [3.05, 3.63) is 48.0 Å². The van der Waals surface area contributed by atoms with Gasteiger partial charge in [0.25, 0.3) is 0 Å². The molecule has 0 amide bonds. The Morgan fingerprint density at radius 1 is 1.37 bits per heavy atom. The van der Waals surface area contributed by atoms with Gasteiger partial charge >= 0.3 is 0 Å². The molecular weight excluding hydrogens is 240 g/mol. The van der Waals surface area contributed by atoms with Gasteiger partial charge < -0.3 is 14.5 Å². The van der Waals surface area contributed by atoms with Crippen molar-refractivity contribution in [2.75, 3.05) is 6.54 Å². The standard InChI is InChI=1S/C15H20N2O2/c1-3-8-16-12(2)14-7-4-9-17-15(14)19-11-13-6-5-10-18-13/h4-7,9-10,12,16H,3,8,11H2,1-2H3. The summed E-state index contributed by atoms with van der Waals surface area (Å²) in [5.41, 5.74) is 1.07. The van der Waals surface area contributed by atoms with E-state index >= 15 is 0 Å². The normalized spacial score (nSPS) is 12.3. The molecule has 2 aromatic rings. The molecule has 2 rings (SSSR count). The van der Waals surface area contributed by atoms with Crippen LogP contribution in [0, 0.1) is 0 Å². The van der Waals surface area contributed by atoms with Crippen LogP contribution >= 0.6 is 0 Å². The van der Waals surface area contributed by atoms with Crippen molar-refractivity contribution in [3.63, 3.8) is 0 Å². The molecule has 1 unspecified atom stereocenters. The summed E-state index contributed by atoms with van der Waals surface area (Å²) in [6.45, 7) is 5.65. The fourth-order valence-corrected chi connectivity index (χ4v) is 1.86. The fraction of sp³-hybridized carbons (Fsp3) is 0.400. The number of ether oxygens (including phenoxy) is 1. The van der Waals surface area contributed by atoms with Gasteiger partial charge in [-0.1, -0.05) is 13.0 Å². The van der Waals surface area contributed by atoms with Crippen LogP contribution in [0.4, 0.5) is 0 Å². The average Bonchev–Trinajstić information content (AvgIpc) is 2.96. The first-order chi connectivity index (χ1) is 9.31. The highest BCUT2D eigenvalue weighted by Crippen LogP contribution is 2.23. The molecule has 2 aromatic heterocycles. The lowest BCUT2D eigenvalue weighted by molar-refractivity contribution is 0.255. The molecule has 1 atom stereocenters. The molecule has 0 aliphatic carbocycles. The number of nitrogens with zero attached hydrogens (tertiary/aromatic N) is 1. The molecule has 1 N–H and O–H groups in total. The van der Waals surface area contributed by atoms with Crippen LogP contribution in [0.2, 0.25) is 0 Å². The maximum Gasteiger partial charge on any atom is 0.218 e. The molecule has 0 aliphatic rings. The molecule has 2 heterocycles. The van der Waals surface area contributed by atoms with Gasteiger partial charge in [0, 0.05) is 17.8 Å². The van der Waals surface area contributed by atoms with E-state index in [1.54, 1.807) is 12.5 Å². The zero-order valence-electron chi connectivity index (χ0n) is 11.4. The number of hydrogen-bond donors (Lipinski definition) is 1. The highest BCUT2D eigenvalue weighted by molar-refractivity contribution is 5.28. The molecule has 19 heavy (non-hydrogen) atoms. The van der Waals surface area contributed by atoms with Crippen molar-refractivity contribution in [1.82, 2.24) is 10.3 Å². The number of rotatable bonds is 7. The van der Waals surface area contributed by atoms with Gasteiger partial charge in [0.2, 0.25) is 5.88 Å². The summed E-state index contributed by atoms with van der Waals surface area (Å²) in [5.74, 6) is 1.46. The van der Waals surface area contributed by atoms with Crippen LogP contribution in [0.25, 0.3) is 0 Å². The Hall–Kier alpha value is -1.81. The molecule has 0 saturated carbocycles. The summed E-state index contributed by atoms with van der Waals surface area (Å²) in [5, 5.41) is 3.44. The Morgan fingerprint density at radius 2 is 2.26 bits per heavy atom. The summed E-state index contributed by atoms with van der Waals surface area (Å²) in [7, 11) is 0. The first-order valence-electron chi connectivity index (χ1n) is 6.64. The maximum atomic E-state index is 5.74. The summed E-state index contributed by atoms with van der Waals surface area (Å²) >= 11 is 0. The van der Waals surface area contributed by atoms with Crippen LogP contribution in [-0.2, 0) is 6.61 Å². The Balaban J connectivity index is 2.03.